The Morgan fingerprint density at radius 3 is 3.06 bits per heavy atom. The van der Waals surface area contributed by atoms with E-state index in [0.29, 0.717) is 0 Å². The summed E-state index contributed by atoms with van der Waals surface area (Å²) in [5, 5.41) is 6.78. The summed E-state index contributed by atoms with van der Waals surface area (Å²) < 4.78 is 0. The number of nitrogens with one attached hydrogen (secondary N) is 2. The van der Waals surface area contributed by atoms with Gasteiger partial charge >= 0.3 is 0 Å². The molecule has 3 aromatic rings. The maximum absolute atomic E-state index is 3.43. The van der Waals surface area contributed by atoms with Gasteiger partial charge in [-0.05, 0) is 35.7 Å². The van der Waals surface area contributed by atoms with Crippen molar-refractivity contribution in [3.63, 3.8) is 0 Å². The number of thiophene rings is 1. The standard InChI is InChI=1S/C13H12N2S/c1-2-12(16-7-1)9-15-11-3-4-13-10(8-11)5-6-14-13/h1-8,14-15H,9H2. The minimum atomic E-state index is 0.896. The number of aromatic amines is 1. The molecule has 0 aliphatic heterocycles. The summed E-state index contributed by atoms with van der Waals surface area (Å²) in [6, 6.07) is 12.7. The molecule has 80 valence electrons. The van der Waals surface area contributed by atoms with Crippen LogP contribution in [0.25, 0.3) is 10.9 Å². The number of hydrogen-bond acceptors (Lipinski definition) is 2. The number of anilines is 1. The van der Waals surface area contributed by atoms with Crippen LogP contribution in [0.3, 0.4) is 0 Å². The van der Waals surface area contributed by atoms with E-state index in [-0.39, 0.29) is 0 Å². The second-order valence-electron chi connectivity index (χ2n) is 3.71. The molecule has 0 aliphatic rings. The van der Waals surface area contributed by atoms with Gasteiger partial charge in [-0.15, -0.1) is 11.3 Å². The molecule has 0 amide bonds. The molecular formula is C13H12N2S. The van der Waals surface area contributed by atoms with E-state index < -0.39 is 0 Å². The Hall–Kier alpha value is -1.74. The highest BCUT2D eigenvalue weighted by atomic mass is 32.1. The van der Waals surface area contributed by atoms with Crippen molar-refractivity contribution < 1.29 is 0 Å². The molecule has 3 heteroatoms. The van der Waals surface area contributed by atoms with Crippen molar-refractivity contribution in [1.82, 2.24) is 4.98 Å². The van der Waals surface area contributed by atoms with Crippen molar-refractivity contribution in [2.75, 3.05) is 5.32 Å². The summed E-state index contributed by atoms with van der Waals surface area (Å²) in [6.07, 6.45) is 1.97. The van der Waals surface area contributed by atoms with Crippen molar-refractivity contribution >= 4 is 27.9 Å². The molecule has 0 fully saturated rings. The van der Waals surface area contributed by atoms with E-state index in [9.17, 15) is 0 Å². The third-order valence-corrected chi connectivity index (χ3v) is 3.48. The second-order valence-corrected chi connectivity index (χ2v) is 4.74. The van der Waals surface area contributed by atoms with Gasteiger partial charge in [0.15, 0.2) is 0 Å². The number of H-pyrrole nitrogens is 1. The van der Waals surface area contributed by atoms with Crippen molar-refractivity contribution in [3.8, 4) is 0 Å². The zero-order valence-corrected chi connectivity index (χ0v) is 9.55. The van der Waals surface area contributed by atoms with Crippen LogP contribution >= 0.6 is 11.3 Å². The molecule has 0 atom stereocenters. The lowest BCUT2D eigenvalue weighted by Gasteiger charge is -2.04. The average molecular weight is 228 g/mol. The fraction of sp³-hybridized carbons (Fsp3) is 0.0769. The van der Waals surface area contributed by atoms with Crippen LogP contribution in [0.15, 0.2) is 48.0 Å². The van der Waals surface area contributed by atoms with Crippen molar-refractivity contribution in [2.45, 2.75) is 6.54 Å². The first kappa shape index (κ1) is 9.48. The summed E-state index contributed by atoms with van der Waals surface area (Å²) in [5.41, 5.74) is 2.35. The maximum Gasteiger partial charge on any atom is 0.0494 e. The molecule has 0 bridgehead atoms. The van der Waals surface area contributed by atoms with Crippen LogP contribution in [0, 0.1) is 0 Å². The Bertz CT molecular complexity index is 581. The van der Waals surface area contributed by atoms with E-state index in [4.69, 9.17) is 0 Å². The number of fused-ring (bicyclic) bond motifs is 1. The monoisotopic (exact) mass is 228 g/mol. The van der Waals surface area contributed by atoms with Crippen LogP contribution in [0.1, 0.15) is 4.88 Å². The normalized spacial score (nSPS) is 10.8. The van der Waals surface area contributed by atoms with Crippen LogP contribution in [-0.4, -0.2) is 4.98 Å². The predicted molar refractivity (Wildman–Crippen MR) is 69.9 cm³/mol. The first-order valence-electron chi connectivity index (χ1n) is 5.25. The summed E-state index contributed by atoms with van der Waals surface area (Å²) in [5.74, 6) is 0. The van der Waals surface area contributed by atoms with E-state index in [1.807, 2.05) is 6.20 Å². The number of aromatic nitrogens is 1. The topological polar surface area (TPSA) is 27.8 Å². The van der Waals surface area contributed by atoms with E-state index in [1.165, 1.54) is 21.5 Å². The zero-order valence-electron chi connectivity index (χ0n) is 8.73. The molecule has 0 radical (unpaired) electrons. The Morgan fingerprint density at radius 1 is 1.19 bits per heavy atom. The largest absolute Gasteiger partial charge is 0.380 e. The lowest BCUT2D eigenvalue weighted by Crippen LogP contribution is -1.96. The minimum absolute atomic E-state index is 0.896. The Kier molecular flexibility index (Phi) is 2.38. The molecule has 16 heavy (non-hydrogen) atoms. The second kappa shape index (κ2) is 4.02. The molecule has 0 unspecified atom stereocenters. The predicted octanol–water partition coefficient (Wildman–Crippen LogP) is 3.84. The summed E-state index contributed by atoms with van der Waals surface area (Å²) in [6.45, 7) is 0.896. The van der Waals surface area contributed by atoms with Gasteiger partial charge in [0.25, 0.3) is 0 Å². The van der Waals surface area contributed by atoms with Gasteiger partial charge in [-0.2, -0.15) is 0 Å². The molecular weight excluding hydrogens is 216 g/mol. The summed E-state index contributed by atoms with van der Waals surface area (Å²) in [4.78, 5) is 4.55. The van der Waals surface area contributed by atoms with Crippen LogP contribution in [0.5, 0.6) is 0 Å². The Balaban J connectivity index is 1.78. The fourth-order valence-electron chi connectivity index (χ4n) is 1.77. The van der Waals surface area contributed by atoms with Crippen LogP contribution in [0.4, 0.5) is 5.69 Å². The lowest BCUT2D eigenvalue weighted by molar-refractivity contribution is 1.20. The van der Waals surface area contributed by atoms with Gasteiger partial charge in [0.05, 0.1) is 0 Å². The zero-order chi connectivity index (χ0) is 10.8. The van der Waals surface area contributed by atoms with Crippen molar-refractivity contribution in [2.24, 2.45) is 0 Å². The highest BCUT2D eigenvalue weighted by Crippen LogP contribution is 2.19. The van der Waals surface area contributed by atoms with Gasteiger partial charge in [0, 0.05) is 34.2 Å². The third kappa shape index (κ3) is 1.82. The molecule has 0 spiro atoms. The molecule has 3 rings (SSSR count). The number of hydrogen-bond donors (Lipinski definition) is 2. The Labute approximate surface area is 97.9 Å². The van der Waals surface area contributed by atoms with Gasteiger partial charge in [-0.3, -0.25) is 0 Å². The molecule has 2 aromatic heterocycles. The Morgan fingerprint density at radius 2 is 2.19 bits per heavy atom. The number of benzene rings is 1. The van der Waals surface area contributed by atoms with Gasteiger partial charge in [0.2, 0.25) is 0 Å². The summed E-state index contributed by atoms with van der Waals surface area (Å²) >= 11 is 1.78. The molecule has 0 aliphatic carbocycles. The molecule has 0 saturated heterocycles. The molecule has 0 saturated carbocycles. The molecule has 2 N–H and O–H groups in total. The number of rotatable bonds is 3. The van der Waals surface area contributed by atoms with Gasteiger partial charge in [-0.25, -0.2) is 0 Å². The fourth-order valence-corrected chi connectivity index (χ4v) is 2.41. The quantitative estimate of drug-likeness (QED) is 0.700. The van der Waals surface area contributed by atoms with E-state index in [1.54, 1.807) is 11.3 Å². The maximum atomic E-state index is 3.43. The van der Waals surface area contributed by atoms with E-state index >= 15 is 0 Å². The molecule has 1 aromatic carbocycles. The molecule has 2 nitrogen and oxygen atoms in total. The van der Waals surface area contributed by atoms with Crippen molar-refractivity contribution in [3.05, 3.63) is 52.9 Å². The van der Waals surface area contributed by atoms with Crippen LogP contribution in [-0.2, 0) is 6.54 Å². The lowest BCUT2D eigenvalue weighted by atomic mass is 10.2. The third-order valence-electron chi connectivity index (χ3n) is 2.60. The minimum Gasteiger partial charge on any atom is -0.380 e. The van der Waals surface area contributed by atoms with E-state index in [2.05, 4.69) is 52.1 Å². The van der Waals surface area contributed by atoms with Gasteiger partial charge < -0.3 is 10.3 Å². The molecule has 2 heterocycles. The van der Waals surface area contributed by atoms with Crippen LogP contribution in [0.2, 0.25) is 0 Å². The van der Waals surface area contributed by atoms with Gasteiger partial charge in [0.1, 0.15) is 0 Å². The summed E-state index contributed by atoms with van der Waals surface area (Å²) in [7, 11) is 0. The first-order chi connectivity index (χ1) is 7.92. The van der Waals surface area contributed by atoms with Crippen LogP contribution < -0.4 is 5.32 Å². The van der Waals surface area contributed by atoms with Gasteiger partial charge in [-0.1, -0.05) is 6.07 Å². The SMILES string of the molecule is c1csc(CNc2ccc3[nH]ccc3c2)c1. The highest BCUT2D eigenvalue weighted by molar-refractivity contribution is 7.09. The van der Waals surface area contributed by atoms with Crippen molar-refractivity contribution in [1.29, 1.82) is 0 Å². The van der Waals surface area contributed by atoms with E-state index in [0.717, 1.165) is 6.54 Å². The highest BCUT2D eigenvalue weighted by Gasteiger charge is 1.97. The first-order valence-corrected chi connectivity index (χ1v) is 6.13. The smallest absolute Gasteiger partial charge is 0.0494 e. The average Bonchev–Trinajstić information content (AvgIpc) is 2.97.